The Morgan fingerprint density at radius 2 is 1.93 bits per heavy atom. The summed E-state index contributed by atoms with van der Waals surface area (Å²) in [4.78, 5) is 15.6. The SMILES string of the molecule is CNc1cc2c(NCCc3cc(N)cc(C(F)(F)F)c3)nc(N3CCC3)nc2cn1. The first-order valence-corrected chi connectivity index (χ1v) is 9.64. The predicted octanol–water partition coefficient (Wildman–Crippen LogP) is 3.53. The average Bonchev–Trinajstić information content (AvgIpc) is 2.65. The van der Waals surface area contributed by atoms with E-state index in [-0.39, 0.29) is 5.69 Å². The minimum Gasteiger partial charge on any atom is -0.399 e. The topological polar surface area (TPSA) is 92.0 Å². The van der Waals surface area contributed by atoms with Crippen LogP contribution in [-0.2, 0) is 12.6 Å². The highest BCUT2D eigenvalue weighted by molar-refractivity contribution is 5.91. The van der Waals surface area contributed by atoms with Gasteiger partial charge in [0.05, 0.1) is 17.3 Å². The van der Waals surface area contributed by atoms with Gasteiger partial charge in [-0.1, -0.05) is 0 Å². The van der Waals surface area contributed by atoms with Crippen LogP contribution in [0.5, 0.6) is 0 Å². The summed E-state index contributed by atoms with van der Waals surface area (Å²) in [5, 5.41) is 7.04. The number of anilines is 4. The molecule has 4 N–H and O–H groups in total. The Morgan fingerprint density at radius 1 is 1.13 bits per heavy atom. The molecule has 7 nitrogen and oxygen atoms in total. The van der Waals surface area contributed by atoms with E-state index in [1.165, 1.54) is 0 Å². The number of nitrogens with one attached hydrogen (secondary N) is 2. The lowest BCUT2D eigenvalue weighted by atomic mass is 10.1. The molecule has 4 rings (SSSR count). The molecule has 0 atom stereocenters. The number of pyridine rings is 1. The molecule has 1 aromatic carbocycles. The van der Waals surface area contributed by atoms with Gasteiger partial charge in [-0.15, -0.1) is 0 Å². The van der Waals surface area contributed by atoms with Crippen molar-refractivity contribution in [1.29, 1.82) is 0 Å². The van der Waals surface area contributed by atoms with Crippen LogP contribution in [0.3, 0.4) is 0 Å². The number of hydrogen-bond donors (Lipinski definition) is 3. The second-order valence-electron chi connectivity index (χ2n) is 7.19. The van der Waals surface area contributed by atoms with Crippen molar-refractivity contribution in [3.63, 3.8) is 0 Å². The van der Waals surface area contributed by atoms with Gasteiger partial charge in [0.1, 0.15) is 11.6 Å². The van der Waals surface area contributed by atoms with Crippen molar-refractivity contribution in [1.82, 2.24) is 15.0 Å². The zero-order chi connectivity index (χ0) is 21.3. The van der Waals surface area contributed by atoms with Crippen LogP contribution in [0, 0.1) is 0 Å². The van der Waals surface area contributed by atoms with Crippen LogP contribution >= 0.6 is 0 Å². The van der Waals surface area contributed by atoms with Crippen LogP contribution in [0.25, 0.3) is 10.9 Å². The number of nitrogens with zero attached hydrogens (tertiary/aromatic N) is 4. The second kappa shape index (κ2) is 7.85. The lowest BCUT2D eigenvalue weighted by Crippen LogP contribution is -2.38. The van der Waals surface area contributed by atoms with E-state index in [0.29, 0.717) is 41.6 Å². The normalized spacial score (nSPS) is 13.9. The number of nitrogens with two attached hydrogens (primary N) is 1. The van der Waals surface area contributed by atoms with E-state index in [4.69, 9.17) is 5.73 Å². The molecule has 10 heteroatoms. The summed E-state index contributed by atoms with van der Waals surface area (Å²) in [5.41, 5.74) is 6.23. The molecule has 1 saturated heterocycles. The highest BCUT2D eigenvalue weighted by Gasteiger charge is 2.31. The molecule has 0 spiro atoms. The Kier molecular flexibility index (Phi) is 5.23. The standard InChI is InChI=1S/C20H22F3N7/c1-25-17-10-15-16(11-27-17)28-19(30-5-2-6-30)29-18(15)26-4-3-12-7-13(20(21,22)23)9-14(24)8-12/h7-11H,2-6,24H2,1H3,(H,25,27)(H,26,28,29). The molecule has 1 aliphatic heterocycles. The Bertz CT molecular complexity index is 1060. The molecule has 3 heterocycles. The van der Waals surface area contributed by atoms with Crippen LogP contribution in [0.4, 0.5) is 36.4 Å². The number of halogens is 3. The first-order chi connectivity index (χ1) is 14.3. The van der Waals surface area contributed by atoms with Crippen molar-refractivity contribution in [2.24, 2.45) is 0 Å². The fourth-order valence-corrected chi connectivity index (χ4v) is 3.30. The van der Waals surface area contributed by atoms with Crippen LogP contribution in [0.15, 0.2) is 30.5 Å². The van der Waals surface area contributed by atoms with Crippen molar-refractivity contribution in [2.45, 2.75) is 19.0 Å². The van der Waals surface area contributed by atoms with Gasteiger partial charge in [-0.2, -0.15) is 18.2 Å². The van der Waals surface area contributed by atoms with E-state index >= 15 is 0 Å². The first-order valence-electron chi connectivity index (χ1n) is 9.64. The van der Waals surface area contributed by atoms with Crippen LogP contribution < -0.4 is 21.3 Å². The Hall–Kier alpha value is -3.30. The Balaban J connectivity index is 1.58. The van der Waals surface area contributed by atoms with Gasteiger partial charge in [0.25, 0.3) is 0 Å². The third kappa shape index (κ3) is 4.17. The predicted molar refractivity (Wildman–Crippen MR) is 112 cm³/mol. The van der Waals surface area contributed by atoms with Crippen LogP contribution in [0.1, 0.15) is 17.5 Å². The van der Waals surface area contributed by atoms with Gasteiger partial charge in [0, 0.05) is 37.8 Å². The molecule has 0 amide bonds. The monoisotopic (exact) mass is 417 g/mol. The summed E-state index contributed by atoms with van der Waals surface area (Å²) in [5.74, 6) is 1.93. The molecular formula is C20H22F3N7. The quantitative estimate of drug-likeness (QED) is 0.529. The molecule has 30 heavy (non-hydrogen) atoms. The number of aromatic nitrogens is 3. The highest BCUT2D eigenvalue weighted by atomic mass is 19.4. The van der Waals surface area contributed by atoms with E-state index in [9.17, 15) is 13.2 Å². The third-order valence-corrected chi connectivity index (χ3v) is 5.01. The average molecular weight is 417 g/mol. The lowest BCUT2D eigenvalue weighted by Gasteiger charge is -2.31. The van der Waals surface area contributed by atoms with E-state index < -0.39 is 11.7 Å². The Labute approximate surface area is 171 Å². The summed E-state index contributed by atoms with van der Waals surface area (Å²) < 4.78 is 39.1. The maximum absolute atomic E-state index is 13.0. The molecular weight excluding hydrogens is 395 g/mol. The molecule has 0 aliphatic carbocycles. The number of alkyl halides is 3. The van der Waals surface area contributed by atoms with Crippen molar-refractivity contribution in [2.75, 3.05) is 47.9 Å². The minimum atomic E-state index is -4.43. The maximum atomic E-state index is 13.0. The molecule has 3 aromatic rings. The van der Waals surface area contributed by atoms with Crippen molar-refractivity contribution >= 4 is 34.2 Å². The Morgan fingerprint density at radius 3 is 2.60 bits per heavy atom. The van der Waals surface area contributed by atoms with E-state index in [1.807, 2.05) is 6.07 Å². The number of fused-ring (bicyclic) bond motifs is 1. The summed E-state index contributed by atoms with van der Waals surface area (Å²) in [6.45, 7) is 2.19. The number of rotatable bonds is 6. The number of nitrogen functional groups attached to an aromatic ring is 1. The van der Waals surface area contributed by atoms with E-state index in [1.54, 1.807) is 19.3 Å². The van der Waals surface area contributed by atoms with Crippen LogP contribution in [-0.4, -0.2) is 41.6 Å². The maximum Gasteiger partial charge on any atom is 0.416 e. The molecule has 1 aliphatic rings. The lowest BCUT2D eigenvalue weighted by molar-refractivity contribution is -0.137. The fourth-order valence-electron chi connectivity index (χ4n) is 3.30. The molecule has 0 bridgehead atoms. The largest absolute Gasteiger partial charge is 0.416 e. The zero-order valence-electron chi connectivity index (χ0n) is 16.4. The van der Waals surface area contributed by atoms with Crippen LogP contribution in [0.2, 0.25) is 0 Å². The summed E-state index contributed by atoms with van der Waals surface area (Å²) in [6, 6.07) is 5.48. The van der Waals surface area contributed by atoms with Crippen molar-refractivity contribution < 1.29 is 13.2 Å². The third-order valence-electron chi connectivity index (χ3n) is 5.01. The van der Waals surface area contributed by atoms with Gasteiger partial charge in [-0.25, -0.2) is 9.97 Å². The molecule has 0 saturated carbocycles. The molecule has 0 radical (unpaired) electrons. The summed E-state index contributed by atoms with van der Waals surface area (Å²) in [7, 11) is 1.77. The molecule has 1 fully saturated rings. The fraction of sp³-hybridized carbons (Fsp3) is 0.350. The van der Waals surface area contributed by atoms with Crippen molar-refractivity contribution in [3.05, 3.63) is 41.6 Å². The second-order valence-corrected chi connectivity index (χ2v) is 7.19. The minimum absolute atomic E-state index is 0.0946. The molecule has 0 unspecified atom stereocenters. The van der Waals surface area contributed by atoms with Gasteiger partial charge in [-0.05, 0) is 42.7 Å². The van der Waals surface area contributed by atoms with Gasteiger partial charge >= 0.3 is 6.18 Å². The van der Waals surface area contributed by atoms with Crippen molar-refractivity contribution in [3.8, 4) is 0 Å². The van der Waals surface area contributed by atoms with E-state index in [2.05, 4.69) is 30.5 Å². The smallest absolute Gasteiger partial charge is 0.399 e. The summed E-state index contributed by atoms with van der Waals surface area (Å²) >= 11 is 0. The number of hydrogen-bond acceptors (Lipinski definition) is 7. The molecule has 158 valence electrons. The molecule has 2 aromatic heterocycles. The van der Waals surface area contributed by atoms with Gasteiger partial charge in [-0.3, -0.25) is 0 Å². The van der Waals surface area contributed by atoms with Gasteiger partial charge in [0.2, 0.25) is 5.95 Å². The van der Waals surface area contributed by atoms with Gasteiger partial charge < -0.3 is 21.3 Å². The van der Waals surface area contributed by atoms with E-state index in [0.717, 1.165) is 37.0 Å². The first kappa shape index (κ1) is 20.0. The number of benzene rings is 1. The highest BCUT2D eigenvalue weighted by Crippen LogP contribution is 2.31. The zero-order valence-corrected chi connectivity index (χ0v) is 16.4. The summed E-state index contributed by atoms with van der Waals surface area (Å²) in [6.07, 6.45) is -1.28. The van der Waals surface area contributed by atoms with Gasteiger partial charge in [0.15, 0.2) is 0 Å².